The maximum absolute atomic E-state index is 12.0. The lowest BCUT2D eigenvalue weighted by Gasteiger charge is -2.23. The molecule has 1 unspecified atom stereocenters. The van der Waals surface area contributed by atoms with E-state index < -0.39 is 11.0 Å². The van der Waals surface area contributed by atoms with Gasteiger partial charge in [-0.2, -0.15) is 4.40 Å². The third-order valence-corrected chi connectivity index (χ3v) is 4.61. The fourth-order valence-electron chi connectivity index (χ4n) is 2.11. The lowest BCUT2D eigenvalue weighted by Crippen LogP contribution is -2.24. The molecule has 1 atom stereocenters. The Labute approximate surface area is 103 Å². The zero-order chi connectivity index (χ0) is 12.2. The van der Waals surface area contributed by atoms with Crippen molar-refractivity contribution >= 4 is 16.7 Å². The van der Waals surface area contributed by atoms with E-state index in [1.54, 1.807) is 0 Å². The maximum atomic E-state index is 12.0. The lowest BCUT2D eigenvalue weighted by atomic mass is 9.85. The Morgan fingerprint density at radius 2 is 1.81 bits per heavy atom. The van der Waals surface area contributed by atoms with Crippen LogP contribution in [-0.2, 0) is 11.0 Å². The van der Waals surface area contributed by atoms with Crippen molar-refractivity contribution in [2.24, 2.45) is 10.3 Å². The van der Waals surface area contributed by atoms with Gasteiger partial charge in [0.05, 0.1) is 4.75 Å². The highest BCUT2D eigenvalue weighted by molar-refractivity contribution is 7.85. The summed E-state index contributed by atoms with van der Waals surface area (Å²) in [5, 5.41) is 0. The zero-order valence-electron chi connectivity index (χ0n) is 11.1. The quantitative estimate of drug-likeness (QED) is 0.692. The van der Waals surface area contributed by atoms with Crippen LogP contribution >= 0.6 is 0 Å². The van der Waals surface area contributed by atoms with Gasteiger partial charge in [-0.15, -0.1) is 0 Å². The van der Waals surface area contributed by atoms with Crippen LogP contribution in [0.15, 0.2) is 4.40 Å². The van der Waals surface area contributed by atoms with E-state index in [9.17, 15) is 4.21 Å². The second-order valence-corrected chi connectivity index (χ2v) is 7.54. The Morgan fingerprint density at radius 3 is 2.25 bits per heavy atom. The Morgan fingerprint density at radius 1 is 1.25 bits per heavy atom. The van der Waals surface area contributed by atoms with Crippen LogP contribution in [0.4, 0.5) is 0 Å². The van der Waals surface area contributed by atoms with E-state index in [4.69, 9.17) is 0 Å². The second kappa shape index (κ2) is 5.95. The second-order valence-electron chi connectivity index (χ2n) is 5.63. The van der Waals surface area contributed by atoms with Crippen LogP contribution in [0, 0.1) is 5.92 Å². The van der Waals surface area contributed by atoms with Gasteiger partial charge in [0.15, 0.2) is 0 Å². The molecule has 2 nitrogen and oxygen atoms in total. The first-order valence-corrected chi connectivity index (χ1v) is 7.55. The van der Waals surface area contributed by atoms with Crippen LogP contribution in [0.25, 0.3) is 0 Å². The minimum absolute atomic E-state index is 0.227. The van der Waals surface area contributed by atoms with Gasteiger partial charge in [-0.1, -0.05) is 26.2 Å². The Hall–Kier alpha value is -0.180. The summed E-state index contributed by atoms with van der Waals surface area (Å²) >= 11 is 0. The molecule has 0 aromatic rings. The van der Waals surface area contributed by atoms with Crippen LogP contribution in [0.3, 0.4) is 0 Å². The predicted molar refractivity (Wildman–Crippen MR) is 72.2 cm³/mol. The number of hydrogen-bond acceptors (Lipinski definition) is 1. The van der Waals surface area contributed by atoms with E-state index in [0.717, 1.165) is 6.42 Å². The molecular formula is C13H25NOS. The van der Waals surface area contributed by atoms with Crippen LogP contribution in [0.2, 0.25) is 0 Å². The van der Waals surface area contributed by atoms with Crippen LogP contribution in [0.5, 0.6) is 0 Å². The van der Waals surface area contributed by atoms with E-state index in [2.05, 4.69) is 11.3 Å². The summed E-state index contributed by atoms with van der Waals surface area (Å²) in [4.78, 5) is 0. The highest BCUT2D eigenvalue weighted by Crippen LogP contribution is 2.27. The average molecular weight is 243 g/mol. The summed E-state index contributed by atoms with van der Waals surface area (Å²) in [6.07, 6.45) is 7.42. The zero-order valence-corrected chi connectivity index (χ0v) is 11.9. The van der Waals surface area contributed by atoms with Gasteiger partial charge in [-0.25, -0.2) is 4.21 Å². The smallest absolute Gasteiger partial charge is 0.144 e. The fraction of sp³-hybridized carbons (Fsp3) is 0.923. The van der Waals surface area contributed by atoms with Gasteiger partial charge in [0, 0.05) is 5.71 Å². The summed E-state index contributed by atoms with van der Waals surface area (Å²) in [5.74, 6) is 0.602. The molecule has 3 heteroatoms. The normalized spacial score (nSPS) is 22.1. The largest absolute Gasteiger partial charge is 0.234 e. The number of hydrogen-bond donors (Lipinski definition) is 0. The van der Waals surface area contributed by atoms with Gasteiger partial charge in [0.1, 0.15) is 11.0 Å². The van der Waals surface area contributed by atoms with Crippen molar-refractivity contribution < 1.29 is 4.21 Å². The van der Waals surface area contributed by atoms with Crippen molar-refractivity contribution in [3.63, 3.8) is 0 Å². The third kappa shape index (κ3) is 4.00. The van der Waals surface area contributed by atoms with Crippen LogP contribution in [0.1, 0.15) is 66.2 Å². The van der Waals surface area contributed by atoms with Crippen molar-refractivity contribution in [1.82, 2.24) is 0 Å². The molecule has 1 aliphatic rings. The fourth-order valence-corrected chi connectivity index (χ4v) is 2.87. The first kappa shape index (κ1) is 13.9. The average Bonchev–Trinajstić information content (AvgIpc) is 2.25. The molecule has 1 aliphatic carbocycles. The predicted octanol–water partition coefficient (Wildman–Crippen LogP) is 3.88. The maximum Gasteiger partial charge on any atom is 0.144 e. The van der Waals surface area contributed by atoms with E-state index in [1.807, 2.05) is 20.8 Å². The molecule has 0 aromatic carbocycles. The van der Waals surface area contributed by atoms with Gasteiger partial charge >= 0.3 is 0 Å². The molecule has 0 spiro atoms. The van der Waals surface area contributed by atoms with Gasteiger partial charge in [-0.3, -0.25) is 0 Å². The minimum atomic E-state index is -1.08. The molecule has 0 amide bonds. The Bertz CT molecular complexity index is 272. The standard InChI is InChI=1S/C13H25NOS/c1-5-12(11-9-7-6-8-10-11)14-16(15)13(2,3)4/h11H,5-10H2,1-4H3/b14-12+. The highest BCUT2D eigenvalue weighted by atomic mass is 32.2. The van der Waals surface area contributed by atoms with Crippen LogP contribution < -0.4 is 0 Å². The van der Waals surface area contributed by atoms with Crippen molar-refractivity contribution in [3.8, 4) is 0 Å². The van der Waals surface area contributed by atoms with Crippen molar-refractivity contribution in [3.05, 3.63) is 0 Å². The topological polar surface area (TPSA) is 29.4 Å². The molecule has 16 heavy (non-hydrogen) atoms. The molecule has 0 radical (unpaired) electrons. The van der Waals surface area contributed by atoms with E-state index in [0.29, 0.717) is 5.92 Å². The molecular weight excluding hydrogens is 218 g/mol. The SMILES string of the molecule is CC/C(=N\S(=O)C(C)(C)C)C1CCCCC1. The van der Waals surface area contributed by atoms with Gasteiger partial charge < -0.3 is 0 Å². The third-order valence-electron chi connectivity index (χ3n) is 3.16. The van der Waals surface area contributed by atoms with E-state index >= 15 is 0 Å². The molecule has 0 aliphatic heterocycles. The molecule has 94 valence electrons. The molecule has 0 N–H and O–H groups in total. The summed E-state index contributed by atoms with van der Waals surface area (Å²) in [5.41, 5.74) is 1.19. The Kier molecular flexibility index (Phi) is 5.16. The monoisotopic (exact) mass is 243 g/mol. The molecule has 0 heterocycles. The summed E-state index contributed by atoms with van der Waals surface area (Å²) < 4.78 is 16.3. The van der Waals surface area contributed by atoms with E-state index in [1.165, 1.54) is 37.8 Å². The van der Waals surface area contributed by atoms with Crippen molar-refractivity contribution in [1.29, 1.82) is 0 Å². The highest BCUT2D eigenvalue weighted by Gasteiger charge is 2.23. The molecule has 1 saturated carbocycles. The summed E-state index contributed by atoms with van der Waals surface area (Å²) in [7, 11) is -1.08. The lowest BCUT2D eigenvalue weighted by molar-refractivity contribution is 0.436. The first-order valence-electron chi connectivity index (χ1n) is 6.44. The van der Waals surface area contributed by atoms with E-state index in [-0.39, 0.29) is 4.75 Å². The summed E-state index contributed by atoms with van der Waals surface area (Å²) in [6, 6.07) is 0. The first-order chi connectivity index (χ1) is 7.45. The Balaban J connectivity index is 2.72. The summed E-state index contributed by atoms with van der Waals surface area (Å²) in [6.45, 7) is 8.09. The molecule has 0 aromatic heterocycles. The van der Waals surface area contributed by atoms with Crippen molar-refractivity contribution in [2.45, 2.75) is 71.0 Å². The molecule has 0 saturated heterocycles. The van der Waals surface area contributed by atoms with Gasteiger partial charge in [0.25, 0.3) is 0 Å². The number of rotatable bonds is 3. The minimum Gasteiger partial charge on any atom is -0.234 e. The van der Waals surface area contributed by atoms with Crippen molar-refractivity contribution in [2.75, 3.05) is 0 Å². The van der Waals surface area contributed by atoms with Gasteiger partial charge in [-0.05, 0) is 46.0 Å². The molecule has 0 bridgehead atoms. The molecule has 1 rings (SSSR count). The number of nitrogens with zero attached hydrogens (tertiary/aromatic N) is 1. The van der Waals surface area contributed by atoms with Crippen LogP contribution in [-0.4, -0.2) is 14.7 Å². The molecule has 1 fully saturated rings. The van der Waals surface area contributed by atoms with Gasteiger partial charge in [0.2, 0.25) is 0 Å².